The molecule has 1 aliphatic rings. The molecule has 0 radical (unpaired) electrons. The summed E-state index contributed by atoms with van der Waals surface area (Å²) in [5.41, 5.74) is 6.11. The number of hydrogen-bond acceptors (Lipinski definition) is 4. The van der Waals surface area contributed by atoms with Gasteiger partial charge in [-0.3, -0.25) is 9.59 Å². The highest BCUT2D eigenvalue weighted by Crippen LogP contribution is 2.19. The molecule has 1 aromatic carbocycles. The maximum atomic E-state index is 12.0. The molecule has 1 atom stereocenters. The van der Waals surface area contributed by atoms with Gasteiger partial charge in [0.1, 0.15) is 11.8 Å². The quantitative estimate of drug-likeness (QED) is 0.505. The molecular formula is C12H15N3O3. The zero-order valence-corrected chi connectivity index (χ0v) is 10.0. The number of nitrogens with zero attached hydrogens (tertiary/aromatic N) is 1. The van der Waals surface area contributed by atoms with Gasteiger partial charge in [-0.2, -0.15) is 0 Å². The van der Waals surface area contributed by atoms with Crippen LogP contribution in [0.3, 0.4) is 0 Å². The first-order valence-electron chi connectivity index (χ1n) is 5.63. The number of likely N-dealkylation sites (tertiary alicyclic amines) is 1. The molecule has 96 valence electrons. The van der Waals surface area contributed by atoms with Crippen LogP contribution in [0.5, 0.6) is 5.75 Å². The minimum atomic E-state index is -0.510. The lowest BCUT2D eigenvalue weighted by Crippen LogP contribution is -2.40. The average molecular weight is 249 g/mol. The van der Waals surface area contributed by atoms with Crippen LogP contribution in [0.15, 0.2) is 18.2 Å². The third-order valence-electron chi connectivity index (χ3n) is 3.01. The summed E-state index contributed by atoms with van der Waals surface area (Å²) in [6, 6.07) is 3.63. The van der Waals surface area contributed by atoms with Crippen LogP contribution >= 0.6 is 0 Å². The van der Waals surface area contributed by atoms with Crippen LogP contribution in [-0.2, 0) is 4.79 Å². The van der Waals surface area contributed by atoms with Crippen molar-refractivity contribution in [1.29, 1.82) is 0 Å². The van der Waals surface area contributed by atoms with Crippen LogP contribution in [0.1, 0.15) is 16.8 Å². The number of amides is 2. The van der Waals surface area contributed by atoms with Gasteiger partial charge in [-0.25, -0.2) is 0 Å². The SMILES string of the molecule is CN1CCC(NC(=O)c2cc(O)ccc2N)C1=O. The zero-order valence-electron chi connectivity index (χ0n) is 10.0. The fraction of sp³-hybridized carbons (Fsp3) is 0.333. The molecule has 6 nitrogen and oxygen atoms in total. The van der Waals surface area contributed by atoms with E-state index in [0.717, 1.165) is 0 Å². The molecule has 1 fully saturated rings. The van der Waals surface area contributed by atoms with Gasteiger partial charge in [0.05, 0.1) is 5.56 Å². The van der Waals surface area contributed by atoms with Gasteiger partial charge in [-0.15, -0.1) is 0 Å². The largest absolute Gasteiger partial charge is 0.508 e. The van der Waals surface area contributed by atoms with Gasteiger partial charge >= 0.3 is 0 Å². The Balaban J connectivity index is 2.13. The van der Waals surface area contributed by atoms with Gasteiger partial charge in [0.25, 0.3) is 5.91 Å². The Morgan fingerprint density at radius 3 is 2.89 bits per heavy atom. The molecule has 1 unspecified atom stereocenters. The van der Waals surface area contributed by atoms with E-state index in [1.165, 1.54) is 18.2 Å². The Hall–Kier alpha value is -2.24. The summed E-state index contributed by atoms with van der Waals surface area (Å²) < 4.78 is 0. The Bertz CT molecular complexity index is 501. The number of rotatable bonds is 2. The van der Waals surface area contributed by atoms with Gasteiger partial charge in [-0.05, 0) is 24.6 Å². The van der Waals surface area contributed by atoms with Crippen molar-refractivity contribution in [1.82, 2.24) is 10.2 Å². The highest BCUT2D eigenvalue weighted by molar-refractivity contribution is 6.02. The predicted octanol–water partition coefficient (Wildman–Crippen LogP) is -0.0651. The van der Waals surface area contributed by atoms with Gasteiger partial charge in [0.2, 0.25) is 5.91 Å². The monoisotopic (exact) mass is 249 g/mol. The minimum absolute atomic E-state index is 0.0378. The molecule has 1 heterocycles. The van der Waals surface area contributed by atoms with Crippen molar-refractivity contribution in [2.45, 2.75) is 12.5 Å². The van der Waals surface area contributed by atoms with Crippen LogP contribution in [0.25, 0.3) is 0 Å². The Morgan fingerprint density at radius 1 is 1.56 bits per heavy atom. The number of carbonyl (C=O) groups excluding carboxylic acids is 2. The number of nitrogens with two attached hydrogens (primary N) is 1. The highest BCUT2D eigenvalue weighted by Gasteiger charge is 2.30. The van der Waals surface area contributed by atoms with Crippen molar-refractivity contribution in [3.05, 3.63) is 23.8 Å². The van der Waals surface area contributed by atoms with Crippen LogP contribution in [0, 0.1) is 0 Å². The number of carbonyl (C=O) groups is 2. The van der Waals surface area contributed by atoms with Gasteiger partial charge in [-0.1, -0.05) is 0 Å². The average Bonchev–Trinajstić information content (AvgIpc) is 2.64. The van der Waals surface area contributed by atoms with E-state index in [1.807, 2.05) is 0 Å². The first-order chi connectivity index (χ1) is 8.49. The summed E-state index contributed by atoms with van der Waals surface area (Å²) in [6.45, 7) is 0.624. The molecule has 0 aliphatic carbocycles. The Kier molecular flexibility index (Phi) is 3.10. The summed E-state index contributed by atoms with van der Waals surface area (Å²) in [5, 5.41) is 12.0. The van der Waals surface area contributed by atoms with E-state index in [0.29, 0.717) is 13.0 Å². The van der Waals surface area contributed by atoms with Gasteiger partial charge in [0.15, 0.2) is 0 Å². The Labute approximate surface area is 104 Å². The van der Waals surface area contributed by atoms with Crippen LogP contribution in [0.2, 0.25) is 0 Å². The molecule has 2 amide bonds. The molecule has 0 aromatic heterocycles. The summed E-state index contributed by atoms with van der Waals surface area (Å²) in [5.74, 6) is -0.594. The molecule has 1 saturated heterocycles. The van der Waals surface area contributed by atoms with Crippen molar-refractivity contribution >= 4 is 17.5 Å². The number of hydrogen-bond donors (Lipinski definition) is 3. The standard InChI is InChI=1S/C12H15N3O3/c1-15-5-4-10(12(15)18)14-11(17)8-6-7(16)2-3-9(8)13/h2-3,6,10,16H,4-5,13H2,1H3,(H,14,17). The molecule has 1 aliphatic heterocycles. The molecular weight excluding hydrogens is 234 g/mol. The van der Waals surface area contributed by atoms with Crippen molar-refractivity contribution in [3.8, 4) is 5.75 Å². The van der Waals surface area contributed by atoms with Gasteiger partial charge < -0.3 is 21.1 Å². The van der Waals surface area contributed by atoms with Crippen molar-refractivity contribution in [3.63, 3.8) is 0 Å². The molecule has 18 heavy (non-hydrogen) atoms. The number of nitrogens with one attached hydrogen (secondary N) is 1. The Morgan fingerprint density at radius 2 is 2.28 bits per heavy atom. The number of aromatic hydroxyl groups is 1. The van der Waals surface area contributed by atoms with E-state index in [2.05, 4.69) is 5.32 Å². The summed E-state index contributed by atoms with van der Waals surface area (Å²) in [4.78, 5) is 25.2. The van der Waals surface area contributed by atoms with Crippen LogP contribution in [0.4, 0.5) is 5.69 Å². The second kappa shape index (κ2) is 4.56. The van der Waals surface area contributed by atoms with E-state index >= 15 is 0 Å². The fourth-order valence-corrected chi connectivity index (χ4v) is 1.93. The van der Waals surface area contributed by atoms with Crippen molar-refractivity contribution in [2.75, 3.05) is 19.3 Å². The summed E-state index contributed by atoms with van der Waals surface area (Å²) >= 11 is 0. The van der Waals surface area contributed by atoms with E-state index in [9.17, 15) is 14.7 Å². The number of benzene rings is 1. The van der Waals surface area contributed by atoms with E-state index in [-0.39, 0.29) is 22.9 Å². The van der Waals surface area contributed by atoms with Crippen molar-refractivity contribution in [2.24, 2.45) is 0 Å². The zero-order chi connectivity index (χ0) is 13.3. The first-order valence-corrected chi connectivity index (χ1v) is 5.63. The molecule has 1 aromatic rings. The smallest absolute Gasteiger partial charge is 0.254 e. The lowest BCUT2D eigenvalue weighted by Gasteiger charge is -2.13. The van der Waals surface area contributed by atoms with E-state index < -0.39 is 11.9 Å². The molecule has 2 rings (SSSR count). The van der Waals surface area contributed by atoms with Crippen LogP contribution < -0.4 is 11.1 Å². The lowest BCUT2D eigenvalue weighted by atomic mass is 10.1. The second-order valence-electron chi connectivity index (χ2n) is 4.35. The normalized spacial score (nSPS) is 19.1. The molecule has 0 spiro atoms. The summed E-state index contributed by atoms with van der Waals surface area (Å²) in [6.07, 6.45) is 0.583. The van der Waals surface area contributed by atoms with E-state index in [1.54, 1.807) is 11.9 Å². The highest BCUT2D eigenvalue weighted by atomic mass is 16.3. The second-order valence-corrected chi connectivity index (χ2v) is 4.35. The minimum Gasteiger partial charge on any atom is -0.508 e. The lowest BCUT2D eigenvalue weighted by molar-refractivity contribution is -0.128. The maximum absolute atomic E-state index is 12.0. The first kappa shape index (κ1) is 12.2. The number of anilines is 1. The molecule has 0 bridgehead atoms. The number of phenolic OH excluding ortho intramolecular Hbond substituents is 1. The molecule has 6 heteroatoms. The van der Waals surface area contributed by atoms with Crippen molar-refractivity contribution < 1.29 is 14.7 Å². The van der Waals surface area contributed by atoms with Gasteiger partial charge in [0, 0.05) is 19.3 Å². The maximum Gasteiger partial charge on any atom is 0.254 e. The fourth-order valence-electron chi connectivity index (χ4n) is 1.93. The van der Waals surface area contributed by atoms with Crippen LogP contribution in [-0.4, -0.2) is 41.5 Å². The van der Waals surface area contributed by atoms with E-state index in [4.69, 9.17) is 5.73 Å². The number of likely N-dealkylation sites (N-methyl/N-ethyl adjacent to an activating group) is 1. The molecule has 0 saturated carbocycles. The number of nitrogen functional groups attached to an aromatic ring is 1. The summed E-state index contributed by atoms with van der Waals surface area (Å²) in [7, 11) is 1.69. The number of phenols is 1. The molecule has 4 N–H and O–H groups in total. The third kappa shape index (κ3) is 2.22. The topological polar surface area (TPSA) is 95.7 Å². The third-order valence-corrected chi connectivity index (χ3v) is 3.01. The predicted molar refractivity (Wildman–Crippen MR) is 66.0 cm³/mol.